The SMILES string of the molecule is CCCN1CCN(CCCN2C(=O)c3cc4occc4n3CC2(C)CO)CC1. The third-order valence-electron chi connectivity index (χ3n) is 6.34. The van der Waals surface area contributed by atoms with Gasteiger partial charge in [0, 0.05) is 51.4 Å². The predicted octanol–water partition coefficient (Wildman–Crippen LogP) is 1.86. The van der Waals surface area contributed by atoms with E-state index >= 15 is 0 Å². The number of amides is 1. The van der Waals surface area contributed by atoms with Crippen molar-refractivity contribution in [2.24, 2.45) is 0 Å². The Balaban J connectivity index is 1.40. The van der Waals surface area contributed by atoms with Gasteiger partial charge in [-0.15, -0.1) is 0 Å². The van der Waals surface area contributed by atoms with Gasteiger partial charge in [0.1, 0.15) is 5.69 Å². The summed E-state index contributed by atoms with van der Waals surface area (Å²) in [5.41, 5.74) is 1.73. The summed E-state index contributed by atoms with van der Waals surface area (Å²) in [6.45, 7) is 12.1. The van der Waals surface area contributed by atoms with E-state index in [2.05, 4.69) is 16.7 Å². The zero-order valence-electron chi connectivity index (χ0n) is 17.1. The van der Waals surface area contributed by atoms with Crippen LogP contribution in [0.2, 0.25) is 0 Å². The molecule has 0 aliphatic carbocycles. The third kappa shape index (κ3) is 3.47. The fraction of sp³-hybridized carbons (Fsp3) is 0.667. The summed E-state index contributed by atoms with van der Waals surface area (Å²) in [6, 6.07) is 3.71. The van der Waals surface area contributed by atoms with Crippen LogP contribution in [0, 0.1) is 0 Å². The number of aliphatic hydroxyl groups is 1. The summed E-state index contributed by atoms with van der Waals surface area (Å²) in [7, 11) is 0. The summed E-state index contributed by atoms with van der Waals surface area (Å²) >= 11 is 0. The lowest BCUT2D eigenvalue weighted by molar-refractivity contribution is 0.0116. The van der Waals surface area contributed by atoms with E-state index in [0.717, 1.165) is 50.2 Å². The van der Waals surface area contributed by atoms with Crippen LogP contribution in [0.25, 0.3) is 11.1 Å². The largest absolute Gasteiger partial charge is 0.463 e. The quantitative estimate of drug-likeness (QED) is 0.784. The number of rotatable bonds is 7. The molecular formula is C21H32N4O3. The molecular weight excluding hydrogens is 356 g/mol. The first-order valence-electron chi connectivity index (χ1n) is 10.5. The van der Waals surface area contributed by atoms with Gasteiger partial charge in [0.15, 0.2) is 5.58 Å². The molecule has 1 N–H and O–H groups in total. The van der Waals surface area contributed by atoms with E-state index in [1.54, 1.807) is 6.26 Å². The van der Waals surface area contributed by atoms with E-state index in [1.165, 1.54) is 13.0 Å². The van der Waals surface area contributed by atoms with Gasteiger partial charge < -0.3 is 28.8 Å². The van der Waals surface area contributed by atoms with Gasteiger partial charge in [-0.25, -0.2) is 0 Å². The second kappa shape index (κ2) is 7.89. The number of nitrogens with zero attached hydrogens (tertiary/aromatic N) is 4. The van der Waals surface area contributed by atoms with E-state index in [-0.39, 0.29) is 12.5 Å². The maximum atomic E-state index is 13.2. The van der Waals surface area contributed by atoms with Crippen LogP contribution < -0.4 is 0 Å². The topological polar surface area (TPSA) is 65.1 Å². The van der Waals surface area contributed by atoms with Crippen LogP contribution in [0.4, 0.5) is 0 Å². The zero-order valence-corrected chi connectivity index (χ0v) is 17.1. The van der Waals surface area contributed by atoms with Crippen LogP contribution in [0.3, 0.4) is 0 Å². The molecule has 7 heteroatoms. The first-order chi connectivity index (χ1) is 13.6. The number of aromatic nitrogens is 1. The highest BCUT2D eigenvalue weighted by Gasteiger charge is 2.42. The molecule has 1 saturated heterocycles. The lowest BCUT2D eigenvalue weighted by Gasteiger charge is -2.44. The van der Waals surface area contributed by atoms with Gasteiger partial charge in [0.05, 0.1) is 23.9 Å². The molecule has 0 saturated carbocycles. The lowest BCUT2D eigenvalue weighted by Crippen LogP contribution is -2.59. The van der Waals surface area contributed by atoms with Crippen molar-refractivity contribution in [3.63, 3.8) is 0 Å². The predicted molar refractivity (Wildman–Crippen MR) is 109 cm³/mol. The van der Waals surface area contributed by atoms with E-state index in [1.807, 2.05) is 28.5 Å². The van der Waals surface area contributed by atoms with Crippen molar-refractivity contribution in [1.29, 1.82) is 0 Å². The van der Waals surface area contributed by atoms with Gasteiger partial charge in [-0.1, -0.05) is 6.92 Å². The van der Waals surface area contributed by atoms with E-state index < -0.39 is 5.54 Å². The Bertz CT molecular complexity index is 821. The number of carbonyl (C=O) groups is 1. The van der Waals surface area contributed by atoms with Crippen molar-refractivity contribution in [3.8, 4) is 0 Å². The van der Waals surface area contributed by atoms with Crippen LogP contribution in [0.1, 0.15) is 37.2 Å². The molecule has 2 aliphatic rings. The molecule has 2 aromatic rings. The summed E-state index contributed by atoms with van der Waals surface area (Å²) in [5.74, 6) is -0.0121. The Morgan fingerprint density at radius 3 is 2.54 bits per heavy atom. The van der Waals surface area contributed by atoms with E-state index in [0.29, 0.717) is 18.8 Å². The standard InChI is InChI=1S/C21H32N4O3/c1-3-6-22-9-11-23(12-10-22)7-4-8-25-20(27)18-14-19-17(5-13-28-19)24(18)15-21(25,2)16-26/h5,13-14,26H,3-4,6-12,15-16H2,1-2H3. The van der Waals surface area contributed by atoms with Gasteiger partial charge in [-0.2, -0.15) is 0 Å². The molecule has 1 unspecified atom stereocenters. The molecule has 1 amide bonds. The lowest BCUT2D eigenvalue weighted by atomic mass is 9.97. The summed E-state index contributed by atoms with van der Waals surface area (Å²) in [5, 5.41) is 10.1. The molecule has 4 heterocycles. The maximum Gasteiger partial charge on any atom is 0.271 e. The van der Waals surface area contributed by atoms with Crippen LogP contribution in [0.5, 0.6) is 0 Å². The Morgan fingerprint density at radius 2 is 1.86 bits per heavy atom. The number of aliphatic hydroxyl groups excluding tert-OH is 1. The van der Waals surface area contributed by atoms with E-state index in [4.69, 9.17) is 4.42 Å². The summed E-state index contributed by atoms with van der Waals surface area (Å²) < 4.78 is 7.46. The first kappa shape index (κ1) is 19.5. The van der Waals surface area contributed by atoms with Crippen LogP contribution in [-0.4, -0.2) is 88.2 Å². The smallest absolute Gasteiger partial charge is 0.271 e. The van der Waals surface area contributed by atoms with Crippen molar-refractivity contribution in [2.45, 2.75) is 38.8 Å². The number of hydrogen-bond donors (Lipinski definition) is 1. The molecule has 2 aromatic heterocycles. The number of carbonyl (C=O) groups excluding carboxylic acids is 1. The zero-order chi connectivity index (χ0) is 19.7. The van der Waals surface area contributed by atoms with Crippen molar-refractivity contribution < 1.29 is 14.3 Å². The monoisotopic (exact) mass is 388 g/mol. The van der Waals surface area contributed by atoms with Gasteiger partial charge in [-0.05, 0) is 32.9 Å². The molecule has 7 nitrogen and oxygen atoms in total. The van der Waals surface area contributed by atoms with Gasteiger partial charge in [0.25, 0.3) is 5.91 Å². The molecule has 2 aliphatic heterocycles. The minimum atomic E-state index is -0.590. The average Bonchev–Trinajstić information content (AvgIpc) is 3.28. The van der Waals surface area contributed by atoms with E-state index in [9.17, 15) is 9.90 Å². The maximum absolute atomic E-state index is 13.2. The summed E-state index contributed by atoms with van der Waals surface area (Å²) in [6.07, 6.45) is 3.78. The van der Waals surface area contributed by atoms with Crippen molar-refractivity contribution >= 4 is 17.0 Å². The minimum Gasteiger partial charge on any atom is -0.463 e. The Hall–Kier alpha value is -1.83. The van der Waals surface area contributed by atoms with Crippen molar-refractivity contribution in [1.82, 2.24) is 19.3 Å². The van der Waals surface area contributed by atoms with Crippen LogP contribution in [0.15, 0.2) is 22.8 Å². The summed E-state index contributed by atoms with van der Waals surface area (Å²) in [4.78, 5) is 20.1. The third-order valence-corrected chi connectivity index (χ3v) is 6.34. The molecule has 28 heavy (non-hydrogen) atoms. The molecule has 0 bridgehead atoms. The Morgan fingerprint density at radius 1 is 1.14 bits per heavy atom. The number of fused-ring (bicyclic) bond motifs is 3. The molecule has 1 atom stereocenters. The highest BCUT2D eigenvalue weighted by molar-refractivity contribution is 5.98. The molecule has 1 fully saturated rings. The van der Waals surface area contributed by atoms with Crippen LogP contribution in [-0.2, 0) is 6.54 Å². The number of hydrogen-bond acceptors (Lipinski definition) is 5. The second-order valence-corrected chi connectivity index (χ2v) is 8.43. The normalized spacial score (nSPS) is 24.2. The Labute approximate surface area is 166 Å². The number of furan rings is 1. The highest BCUT2D eigenvalue weighted by atomic mass is 16.3. The number of piperazine rings is 1. The van der Waals surface area contributed by atoms with Gasteiger partial charge >= 0.3 is 0 Å². The minimum absolute atomic E-state index is 0.0121. The first-order valence-corrected chi connectivity index (χ1v) is 10.5. The fourth-order valence-corrected chi connectivity index (χ4v) is 4.65. The fourth-order valence-electron chi connectivity index (χ4n) is 4.65. The molecule has 154 valence electrons. The molecule has 0 spiro atoms. The molecule has 4 rings (SSSR count). The van der Waals surface area contributed by atoms with Crippen molar-refractivity contribution in [3.05, 3.63) is 24.1 Å². The molecule has 0 radical (unpaired) electrons. The highest BCUT2D eigenvalue weighted by Crippen LogP contribution is 2.32. The Kier molecular flexibility index (Phi) is 5.49. The average molecular weight is 389 g/mol. The van der Waals surface area contributed by atoms with Gasteiger partial charge in [-0.3, -0.25) is 4.79 Å². The van der Waals surface area contributed by atoms with Crippen molar-refractivity contribution in [2.75, 3.05) is 52.4 Å². The second-order valence-electron chi connectivity index (χ2n) is 8.43. The molecule has 0 aromatic carbocycles. The van der Waals surface area contributed by atoms with Crippen LogP contribution >= 0.6 is 0 Å². The van der Waals surface area contributed by atoms with Gasteiger partial charge in [0.2, 0.25) is 0 Å².